The summed E-state index contributed by atoms with van der Waals surface area (Å²) in [5.74, 6) is 0. The highest BCUT2D eigenvalue weighted by atomic mass is 14.7. The molecule has 0 N–H and O–H groups in total. The Bertz CT molecular complexity index is 553. The third-order valence-corrected chi connectivity index (χ3v) is 2.90. The predicted molar refractivity (Wildman–Crippen MR) is 74.3 cm³/mol. The van der Waals surface area contributed by atoms with E-state index in [-0.39, 0.29) is 0 Å². The van der Waals surface area contributed by atoms with Gasteiger partial charge in [0.1, 0.15) is 0 Å². The summed E-state index contributed by atoms with van der Waals surface area (Å²) in [6, 6.07) is 14.6. The third-order valence-electron chi connectivity index (χ3n) is 2.90. The molecule has 1 nitrogen and oxygen atoms in total. The maximum atomic E-state index is 4.57. The Balaban J connectivity index is 2.32. The Hall–Kier alpha value is -1.89. The Morgan fingerprint density at radius 2 is 1.65 bits per heavy atom. The van der Waals surface area contributed by atoms with Gasteiger partial charge in [-0.1, -0.05) is 36.4 Å². The number of aliphatic imine (C=N–C) groups is 1. The summed E-state index contributed by atoms with van der Waals surface area (Å²) in [5.41, 5.74) is 5.93. The largest absolute Gasteiger partial charge is 0.256 e. The van der Waals surface area contributed by atoms with E-state index in [9.17, 15) is 0 Å². The van der Waals surface area contributed by atoms with Crippen LogP contribution in [-0.4, -0.2) is 6.21 Å². The van der Waals surface area contributed by atoms with Gasteiger partial charge in [0.25, 0.3) is 0 Å². The van der Waals surface area contributed by atoms with Crippen molar-refractivity contribution in [3.63, 3.8) is 0 Å². The minimum absolute atomic E-state index is 1.05. The van der Waals surface area contributed by atoms with Crippen LogP contribution < -0.4 is 0 Å². The van der Waals surface area contributed by atoms with Crippen LogP contribution in [0.3, 0.4) is 0 Å². The molecule has 1 heteroatoms. The van der Waals surface area contributed by atoms with Gasteiger partial charge in [-0.3, -0.25) is 4.99 Å². The van der Waals surface area contributed by atoms with E-state index in [0.29, 0.717) is 0 Å². The lowest BCUT2D eigenvalue weighted by molar-refractivity contribution is 1.35. The maximum absolute atomic E-state index is 4.57. The molecule has 0 radical (unpaired) electrons. The number of hydrogen-bond acceptors (Lipinski definition) is 1. The van der Waals surface area contributed by atoms with Gasteiger partial charge in [-0.2, -0.15) is 0 Å². The topological polar surface area (TPSA) is 12.4 Å². The van der Waals surface area contributed by atoms with Gasteiger partial charge in [0.15, 0.2) is 0 Å². The molecule has 86 valence electrons. The molecule has 0 aromatic heterocycles. The van der Waals surface area contributed by atoms with Crippen LogP contribution in [0.2, 0.25) is 0 Å². The minimum atomic E-state index is 1.05. The molecule has 0 aliphatic carbocycles. The van der Waals surface area contributed by atoms with Crippen molar-refractivity contribution in [2.75, 3.05) is 0 Å². The predicted octanol–water partition coefficient (Wildman–Crippen LogP) is 4.36. The van der Waals surface area contributed by atoms with Crippen LogP contribution >= 0.6 is 0 Å². The van der Waals surface area contributed by atoms with Crippen LogP contribution in [0.25, 0.3) is 0 Å². The van der Waals surface area contributed by atoms with Crippen LogP contribution in [0.5, 0.6) is 0 Å². The first-order chi connectivity index (χ1) is 8.16. The Morgan fingerprint density at radius 1 is 0.882 bits per heavy atom. The second-order valence-electron chi connectivity index (χ2n) is 4.40. The fourth-order valence-electron chi connectivity index (χ4n) is 1.73. The van der Waals surface area contributed by atoms with E-state index < -0.39 is 0 Å². The van der Waals surface area contributed by atoms with Crippen molar-refractivity contribution in [2.45, 2.75) is 20.8 Å². The highest BCUT2D eigenvalue weighted by Crippen LogP contribution is 2.19. The van der Waals surface area contributed by atoms with Crippen molar-refractivity contribution in [1.29, 1.82) is 0 Å². The summed E-state index contributed by atoms with van der Waals surface area (Å²) in [4.78, 5) is 4.57. The van der Waals surface area contributed by atoms with Crippen molar-refractivity contribution in [3.8, 4) is 0 Å². The summed E-state index contributed by atoms with van der Waals surface area (Å²) < 4.78 is 0. The van der Waals surface area contributed by atoms with Gasteiger partial charge < -0.3 is 0 Å². The molecule has 0 unspecified atom stereocenters. The van der Waals surface area contributed by atoms with E-state index in [4.69, 9.17) is 0 Å². The van der Waals surface area contributed by atoms with Crippen molar-refractivity contribution in [1.82, 2.24) is 0 Å². The molecule has 0 aliphatic rings. The van der Waals surface area contributed by atoms with Crippen LogP contribution in [0.1, 0.15) is 22.3 Å². The van der Waals surface area contributed by atoms with E-state index >= 15 is 0 Å². The van der Waals surface area contributed by atoms with Crippen molar-refractivity contribution in [3.05, 3.63) is 64.7 Å². The Kier molecular flexibility index (Phi) is 3.38. The normalized spacial score (nSPS) is 11.0. The fourth-order valence-corrected chi connectivity index (χ4v) is 1.73. The summed E-state index contributed by atoms with van der Waals surface area (Å²) in [7, 11) is 0. The molecule has 0 saturated heterocycles. The van der Waals surface area contributed by atoms with Gasteiger partial charge in [-0.25, -0.2) is 0 Å². The van der Waals surface area contributed by atoms with Crippen LogP contribution in [-0.2, 0) is 0 Å². The second kappa shape index (κ2) is 4.96. The highest BCUT2D eigenvalue weighted by molar-refractivity contribution is 5.84. The van der Waals surface area contributed by atoms with Crippen LogP contribution in [0.15, 0.2) is 47.5 Å². The third kappa shape index (κ3) is 2.82. The fraction of sp³-hybridized carbons (Fsp3) is 0.188. The quantitative estimate of drug-likeness (QED) is 0.671. The Labute approximate surface area is 103 Å². The average Bonchev–Trinajstić information content (AvgIpc) is 2.32. The summed E-state index contributed by atoms with van der Waals surface area (Å²) >= 11 is 0. The molecule has 17 heavy (non-hydrogen) atoms. The summed E-state index contributed by atoms with van der Waals surface area (Å²) in [6.45, 7) is 6.28. The number of aryl methyl sites for hydroxylation is 3. The molecule has 0 atom stereocenters. The molecule has 2 rings (SSSR count). The average molecular weight is 223 g/mol. The van der Waals surface area contributed by atoms with Gasteiger partial charge in [-0.05, 0) is 49.1 Å². The molecule has 0 saturated carbocycles. The van der Waals surface area contributed by atoms with E-state index in [0.717, 1.165) is 5.69 Å². The SMILES string of the molecule is Cc1ccc(C)c(N=Cc2ccccc2C)c1. The molecule has 0 heterocycles. The number of benzene rings is 2. The number of nitrogens with zero attached hydrogens (tertiary/aromatic N) is 1. The van der Waals surface area contributed by atoms with Gasteiger partial charge in [0.05, 0.1) is 5.69 Å². The monoisotopic (exact) mass is 223 g/mol. The van der Waals surface area contributed by atoms with Gasteiger partial charge >= 0.3 is 0 Å². The molecule has 0 spiro atoms. The number of hydrogen-bond donors (Lipinski definition) is 0. The van der Waals surface area contributed by atoms with E-state index in [1.54, 1.807) is 0 Å². The zero-order valence-electron chi connectivity index (χ0n) is 10.6. The molecule has 0 fully saturated rings. The molecular formula is C16H17N. The second-order valence-corrected chi connectivity index (χ2v) is 4.40. The van der Waals surface area contributed by atoms with E-state index in [1.807, 2.05) is 18.3 Å². The first-order valence-electron chi connectivity index (χ1n) is 5.84. The van der Waals surface area contributed by atoms with Gasteiger partial charge in [-0.15, -0.1) is 0 Å². The lowest BCUT2D eigenvalue weighted by Gasteiger charge is -2.02. The van der Waals surface area contributed by atoms with Gasteiger partial charge in [0.2, 0.25) is 0 Å². The molecule has 0 aliphatic heterocycles. The molecule has 2 aromatic rings. The smallest absolute Gasteiger partial charge is 0.0661 e. The summed E-state index contributed by atoms with van der Waals surface area (Å²) in [6.07, 6.45) is 1.94. The van der Waals surface area contributed by atoms with Crippen molar-refractivity contribution in [2.24, 2.45) is 4.99 Å². The zero-order chi connectivity index (χ0) is 12.3. The lowest BCUT2D eigenvalue weighted by Crippen LogP contribution is -1.86. The first-order valence-corrected chi connectivity index (χ1v) is 5.84. The van der Waals surface area contributed by atoms with E-state index in [1.165, 1.54) is 22.3 Å². The zero-order valence-corrected chi connectivity index (χ0v) is 10.6. The van der Waals surface area contributed by atoms with Crippen LogP contribution in [0.4, 0.5) is 5.69 Å². The highest BCUT2D eigenvalue weighted by Gasteiger charge is 1.96. The van der Waals surface area contributed by atoms with Crippen molar-refractivity contribution < 1.29 is 0 Å². The molecule has 0 amide bonds. The van der Waals surface area contributed by atoms with Gasteiger partial charge in [0, 0.05) is 6.21 Å². The van der Waals surface area contributed by atoms with E-state index in [2.05, 4.69) is 56.1 Å². The Morgan fingerprint density at radius 3 is 2.41 bits per heavy atom. The minimum Gasteiger partial charge on any atom is -0.256 e. The van der Waals surface area contributed by atoms with Crippen LogP contribution in [0, 0.1) is 20.8 Å². The molecule has 0 bridgehead atoms. The molecule has 2 aromatic carbocycles. The summed E-state index contributed by atoms with van der Waals surface area (Å²) in [5, 5.41) is 0. The lowest BCUT2D eigenvalue weighted by atomic mass is 10.1. The first kappa shape index (κ1) is 11.6. The van der Waals surface area contributed by atoms with Crippen molar-refractivity contribution >= 4 is 11.9 Å². The standard InChI is InChI=1S/C16H17N/c1-12-8-9-14(3)16(10-12)17-11-15-7-5-4-6-13(15)2/h4-11H,1-3H3. The molecular weight excluding hydrogens is 206 g/mol. The number of rotatable bonds is 2. The maximum Gasteiger partial charge on any atom is 0.0661 e.